The number of aromatic hydroxyl groups is 1. The second-order valence-corrected chi connectivity index (χ2v) is 5.53. The first-order valence-corrected chi connectivity index (χ1v) is 8.26. The van der Waals surface area contributed by atoms with Crippen LogP contribution in [0, 0.1) is 13.8 Å². The van der Waals surface area contributed by atoms with E-state index in [4.69, 9.17) is 0 Å². The van der Waals surface area contributed by atoms with Crippen LogP contribution in [0.15, 0.2) is 54.6 Å². The number of anilines is 1. The Morgan fingerprint density at radius 3 is 2.04 bits per heavy atom. The molecule has 3 aromatic rings. The van der Waals surface area contributed by atoms with E-state index in [2.05, 4.69) is 41.1 Å². The number of phenols is 1. The highest BCUT2D eigenvalue weighted by Gasteiger charge is 1.99. The summed E-state index contributed by atoms with van der Waals surface area (Å²) in [6.45, 7) is 8.01. The fraction of sp³-hybridized carbons (Fsp3) is 0.286. The van der Waals surface area contributed by atoms with Crippen LogP contribution in [0.2, 0.25) is 0 Å². The standard InChI is InChI=1S/C10H9NO.C9H13N.C2H6/c1-7-5-6-8-3-2-4-9(12)10(8)11-7;1-8-4-6-9(7-5-8)10(2)3;1-2/h2-6,12H,1H3;4-7H,1-3H3;1-2H3. The predicted molar refractivity (Wildman–Crippen MR) is 105 cm³/mol. The number of fused-ring (bicyclic) bond motifs is 1. The highest BCUT2D eigenvalue weighted by atomic mass is 16.3. The van der Waals surface area contributed by atoms with Crippen LogP contribution < -0.4 is 4.90 Å². The Morgan fingerprint density at radius 2 is 1.46 bits per heavy atom. The maximum atomic E-state index is 9.43. The van der Waals surface area contributed by atoms with Crippen LogP contribution in [0.3, 0.4) is 0 Å². The number of aromatic nitrogens is 1. The van der Waals surface area contributed by atoms with E-state index in [1.54, 1.807) is 6.07 Å². The highest BCUT2D eigenvalue weighted by molar-refractivity contribution is 5.84. The van der Waals surface area contributed by atoms with Crippen molar-refractivity contribution in [2.75, 3.05) is 19.0 Å². The minimum absolute atomic E-state index is 0.246. The molecule has 0 saturated heterocycles. The molecule has 3 rings (SSSR count). The topological polar surface area (TPSA) is 36.4 Å². The third kappa shape index (κ3) is 5.58. The number of phenolic OH excluding ortho intramolecular Hbond substituents is 1. The molecule has 24 heavy (non-hydrogen) atoms. The SMILES string of the molecule is CC.Cc1ccc(N(C)C)cc1.Cc1ccc2cccc(O)c2n1. The third-order valence-corrected chi connectivity index (χ3v) is 3.39. The van der Waals surface area contributed by atoms with Gasteiger partial charge in [0.1, 0.15) is 11.3 Å². The zero-order chi connectivity index (χ0) is 18.1. The van der Waals surface area contributed by atoms with Gasteiger partial charge in [0.25, 0.3) is 0 Å². The molecule has 0 aliphatic heterocycles. The fourth-order valence-corrected chi connectivity index (χ4v) is 2.07. The largest absolute Gasteiger partial charge is 0.506 e. The van der Waals surface area contributed by atoms with E-state index in [-0.39, 0.29) is 5.75 Å². The molecular weight excluding hydrogens is 296 g/mol. The Balaban J connectivity index is 0.000000221. The monoisotopic (exact) mass is 324 g/mol. The molecule has 128 valence electrons. The molecule has 0 aliphatic carbocycles. The van der Waals surface area contributed by atoms with Crippen molar-refractivity contribution in [3.8, 4) is 5.75 Å². The summed E-state index contributed by atoms with van der Waals surface area (Å²) < 4.78 is 0. The summed E-state index contributed by atoms with van der Waals surface area (Å²) >= 11 is 0. The fourth-order valence-electron chi connectivity index (χ4n) is 2.07. The molecule has 0 saturated carbocycles. The number of nitrogens with zero attached hydrogens (tertiary/aromatic N) is 2. The molecule has 0 radical (unpaired) electrons. The van der Waals surface area contributed by atoms with Crippen LogP contribution in [0.4, 0.5) is 5.69 Å². The van der Waals surface area contributed by atoms with Gasteiger partial charge in [-0.25, -0.2) is 4.98 Å². The molecule has 1 aromatic heterocycles. The number of hydrogen-bond donors (Lipinski definition) is 1. The molecule has 1 N–H and O–H groups in total. The summed E-state index contributed by atoms with van der Waals surface area (Å²) in [5.41, 5.74) is 4.16. The zero-order valence-corrected chi connectivity index (χ0v) is 15.5. The first kappa shape index (κ1) is 19.5. The lowest BCUT2D eigenvalue weighted by Crippen LogP contribution is -2.07. The highest BCUT2D eigenvalue weighted by Crippen LogP contribution is 2.21. The normalized spacial score (nSPS) is 9.42. The van der Waals surface area contributed by atoms with Gasteiger partial charge in [0.2, 0.25) is 0 Å². The van der Waals surface area contributed by atoms with Gasteiger partial charge in [0.15, 0.2) is 0 Å². The average Bonchev–Trinajstić information content (AvgIpc) is 2.58. The van der Waals surface area contributed by atoms with E-state index in [1.807, 2.05) is 59.1 Å². The van der Waals surface area contributed by atoms with Crippen molar-refractivity contribution in [2.24, 2.45) is 0 Å². The number of pyridine rings is 1. The van der Waals surface area contributed by atoms with Crippen LogP contribution in [0.1, 0.15) is 25.1 Å². The van der Waals surface area contributed by atoms with Gasteiger partial charge in [-0.1, -0.05) is 49.7 Å². The van der Waals surface area contributed by atoms with Crippen molar-refractivity contribution >= 4 is 16.6 Å². The molecule has 0 spiro atoms. The summed E-state index contributed by atoms with van der Waals surface area (Å²) in [5, 5.41) is 10.4. The van der Waals surface area contributed by atoms with Gasteiger partial charge in [-0.15, -0.1) is 0 Å². The van der Waals surface area contributed by atoms with Gasteiger partial charge in [-0.2, -0.15) is 0 Å². The third-order valence-electron chi connectivity index (χ3n) is 3.39. The Bertz CT molecular complexity index is 749. The summed E-state index contributed by atoms with van der Waals surface area (Å²) in [5.74, 6) is 0.246. The predicted octanol–water partition coefficient (Wildman–Crippen LogP) is 5.34. The molecule has 2 aromatic carbocycles. The number of rotatable bonds is 1. The smallest absolute Gasteiger partial charge is 0.141 e. The second kappa shape index (κ2) is 9.56. The Labute approximate surface area is 145 Å². The van der Waals surface area contributed by atoms with E-state index in [0.717, 1.165) is 11.1 Å². The van der Waals surface area contributed by atoms with Crippen molar-refractivity contribution in [3.05, 3.63) is 65.9 Å². The molecular formula is C21H28N2O. The minimum atomic E-state index is 0.246. The van der Waals surface area contributed by atoms with Crippen LogP contribution in [0.5, 0.6) is 5.75 Å². The number of para-hydroxylation sites is 1. The van der Waals surface area contributed by atoms with Gasteiger partial charge in [-0.3, -0.25) is 0 Å². The van der Waals surface area contributed by atoms with Crippen LogP contribution in [-0.4, -0.2) is 24.2 Å². The van der Waals surface area contributed by atoms with E-state index in [1.165, 1.54) is 11.3 Å². The summed E-state index contributed by atoms with van der Waals surface area (Å²) in [6, 6.07) is 17.8. The van der Waals surface area contributed by atoms with Crippen molar-refractivity contribution in [2.45, 2.75) is 27.7 Å². The van der Waals surface area contributed by atoms with Crippen molar-refractivity contribution < 1.29 is 5.11 Å². The zero-order valence-electron chi connectivity index (χ0n) is 15.5. The first-order valence-electron chi connectivity index (χ1n) is 8.26. The summed E-state index contributed by atoms with van der Waals surface area (Å²) in [4.78, 5) is 6.32. The van der Waals surface area contributed by atoms with Gasteiger partial charge in [0, 0.05) is 30.9 Å². The molecule has 0 atom stereocenters. The molecule has 0 amide bonds. The van der Waals surface area contributed by atoms with E-state index in [9.17, 15) is 5.11 Å². The lowest BCUT2D eigenvalue weighted by Gasteiger charge is -2.11. The summed E-state index contributed by atoms with van der Waals surface area (Å²) in [6.07, 6.45) is 0. The van der Waals surface area contributed by atoms with E-state index in [0.29, 0.717) is 5.52 Å². The quantitative estimate of drug-likeness (QED) is 0.656. The van der Waals surface area contributed by atoms with E-state index < -0.39 is 0 Å². The molecule has 0 aliphatic rings. The summed E-state index contributed by atoms with van der Waals surface area (Å²) in [7, 11) is 4.09. The van der Waals surface area contributed by atoms with Gasteiger partial charge < -0.3 is 10.0 Å². The number of hydrogen-bond acceptors (Lipinski definition) is 3. The Morgan fingerprint density at radius 1 is 0.833 bits per heavy atom. The van der Waals surface area contributed by atoms with Crippen LogP contribution in [0.25, 0.3) is 10.9 Å². The van der Waals surface area contributed by atoms with Crippen LogP contribution >= 0.6 is 0 Å². The van der Waals surface area contributed by atoms with E-state index >= 15 is 0 Å². The Kier molecular flexibility index (Phi) is 7.76. The lowest BCUT2D eigenvalue weighted by atomic mass is 10.2. The molecule has 3 heteroatoms. The van der Waals surface area contributed by atoms with Gasteiger partial charge in [0.05, 0.1) is 0 Å². The molecule has 0 bridgehead atoms. The number of aryl methyl sites for hydroxylation is 2. The second-order valence-electron chi connectivity index (χ2n) is 5.53. The Hall–Kier alpha value is -2.55. The molecule has 0 fully saturated rings. The molecule has 0 unspecified atom stereocenters. The first-order chi connectivity index (χ1) is 11.5. The van der Waals surface area contributed by atoms with Crippen LogP contribution in [-0.2, 0) is 0 Å². The van der Waals surface area contributed by atoms with Gasteiger partial charge in [-0.05, 0) is 38.1 Å². The van der Waals surface area contributed by atoms with Crippen molar-refractivity contribution in [3.63, 3.8) is 0 Å². The molecule has 1 heterocycles. The lowest BCUT2D eigenvalue weighted by molar-refractivity contribution is 0.480. The van der Waals surface area contributed by atoms with Crippen molar-refractivity contribution in [1.29, 1.82) is 0 Å². The maximum Gasteiger partial charge on any atom is 0.141 e. The molecule has 3 nitrogen and oxygen atoms in total. The number of benzene rings is 2. The minimum Gasteiger partial charge on any atom is -0.506 e. The average molecular weight is 324 g/mol. The van der Waals surface area contributed by atoms with Gasteiger partial charge >= 0.3 is 0 Å². The maximum absolute atomic E-state index is 9.43. The van der Waals surface area contributed by atoms with Crippen molar-refractivity contribution in [1.82, 2.24) is 4.98 Å².